The summed E-state index contributed by atoms with van der Waals surface area (Å²) in [5.41, 5.74) is -1.41. The second kappa shape index (κ2) is 15.7. The lowest BCUT2D eigenvalue weighted by atomic mass is 9.98. The minimum Gasteiger partial charge on any atom is -0.462 e. The van der Waals surface area contributed by atoms with Gasteiger partial charge in [0, 0.05) is 25.5 Å². The molecule has 1 aromatic carbocycles. The molecule has 0 radical (unpaired) electrons. The van der Waals surface area contributed by atoms with Crippen molar-refractivity contribution in [3.63, 3.8) is 0 Å². The molecule has 2 aromatic heterocycles. The van der Waals surface area contributed by atoms with Crippen LogP contribution in [0.5, 0.6) is 0 Å². The van der Waals surface area contributed by atoms with E-state index < -0.39 is 69.7 Å². The van der Waals surface area contributed by atoms with Crippen LogP contribution in [0, 0.1) is 23.1 Å². The fourth-order valence-corrected chi connectivity index (χ4v) is 5.11. The Morgan fingerprint density at radius 3 is 2.39 bits per heavy atom. The molecule has 1 amide bonds. The number of pyridine rings is 2. The molecule has 0 unspecified atom stereocenters. The number of alkyl halides is 4. The number of nitrogens with zero attached hydrogens (tertiary/aromatic N) is 4. The summed E-state index contributed by atoms with van der Waals surface area (Å²) in [6, 6.07) is 10.5. The minimum absolute atomic E-state index is 0.0119. The van der Waals surface area contributed by atoms with Crippen LogP contribution in [-0.4, -0.2) is 62.5 Å². The normalized spacial score (nSPS) is 12.8. The molecule has 3 heterocycles. The van der Waals surface area contributed by atoms with E-state index in [1.165, 1.54) is 42.3 Å². The number of rotatable bonds is 10. The molecule has 1 N–H and O–H groups in total. The van der Waals surface area contributed by atoms with Crippen molar-refractivity contribution in [2.45, 2.75) is 25.7 Å². The molecule has 0 bridgehead atoms. The summed E-state index contributed by atoms with van der Waals surface area (Å²) in [5, 5.41) is 9.40. The van der Waals surface area contributed by atoms with Gasteiger partial charge in [0.2, 0.25) is 15.9 Å². The lowest BCUT2D eigenvalue weighted by Gasteiger charge is -2.39. The van der Waals surface area contributed by atoms with Crippen LogP contribution in [0.3, 0.4) is 0 Å². The number of nitrogens with one attached hydrogen (secondary N) is 1. The van der Waals surface area contributed by atoms with Gasteiger partial charge in [-0.2, -0.15) is 14.0 Å². The Morgan fingerprint density at radius 2 is 1.83 bits per heavy atom. The van der Waals surface area contributed by atoms with E-state index in [1.54, 1.807) is 6.07 Å². The third-order valence-electron chi connectivity index (χ3n) is 6.00. The summed E-state index contributed by atoms with van der Waals surface area (Å²) in [6.45, 7) is -1.83. The number of carbonyl (C=O) groups is 3. The predicted octanol–water partition coefficient (Wildman–Crippen LogP) is 3.75. The van der Waals surface area contributed by atoms with Crippen molar-refractivity contribution in [2.75, 3.05) is 24.6 Å². The Kier molecular flexibility index (Phi) is 12.0. The summed E-state index contributed by atoms with van der Waals surface area (Å²) in [6.07, 6.45) is -0.539. The van der Waals surface area contributed by atoms with Gasteiger partial charge < -0.3 is 14.4 Å². The monoisotopic (exact) mass is 669 g/mol. The van der Waals surface area contributed by atoms with Gasteiger partial charge in [-0.3, -0.25) is 14.5 Å². The average Bonchev–Trinajstić information content (AvgIpc) is 2.96. The van der Waals surface area contributed by atoms with E-state index in [2.05, 4.69) is 14.7 Å². The number of carbonyl (C=O) groups excluding carboxylic acids is 3. The number of amides is 1. The number of ether oxygens (including phenoxy) is 2. The second-order valence-electron chi connectivity index (χ2n) is 9.29. The Hall–Kier alpha value is -5.18. The zero-order valence-corrected chi connectivity index (χ0v) is 24.5. The molecule has 3 aromatic rings. The highest BCUT2D eigenvalue weighted by molar-refractivity contribution is 7.89. The number of esters is 2. The number of benzene rings is 1. The molecule has 1 aliphatic rings. The first kappa shape index (κ1) is 35.3. The molecule has 0 spiro atoms. The van der Waals surface area contributed by atoms with E-state index in [0.29, 0.717) is 0 Å². The maximum absolute atomic E-state index is 13.5. The molecule has 46 heavy (non-hydrogen) atoms. The molecule has 1 saturated heterocycles. The Morgan fingerprint density at radius 1 is 1.11 bits per heavy atom. The van der Waals surface area contributed by atoms with Crippen LogP contribution in [0.15, 0.2) is 54.9 Å². The first-order valence-corrected chi connectivity index (χ1v) is 14.7. The number of hydrogen-bond acceptors (Lipinski definition) is 11. The van der Waals surface area contributed by atoms with Crippen LogP contribution in [0.2, 0.25) is 0 Å². The molecule has 0 saturated carbocycles. The van der Waals surface area contributed by atoms with E-state index in [9.17, 15) is 50.0 Å². The third-order valence-corrected chi connectivity index (χ3v) is 7.23. The topological polar surface area (TPSA) is 169 Å². The molecule has 4 rings (SSSR count). The minimum atomic E-state index is -4.11. The number of sulfonamides is 1. The van der Waals surface area contributed by atoms with Crippen LogP contribution >= 0.6 is 0 Å². The SMILES string of the molecule is CCOC(=O)c1cc(C#N)c(N2CC(C(=O)NS(=O)(=O)Cc3cccc(F)c3)C2)nc1C(F)F.O=C(OC(F)F)c1cccnc1. The van der Waals surface area contributed by atoms with E-state index in [4.69, 9.17) is 4.74 Å². The van der Waals surface area contributed by atoms with Crippen LogP contribution in [0.1, 0.15) is 50.9 Å². The number of aromatic nitrogens is 2. The zero-order valence-electron chi connectivity index (χ0n) is 23.7. The van der Waals surface area contributed by atoms with E-state index in [0.717, 1.165) is 24.4 Å². The van der Waals surface area contributed by atoms with Gasteiger partial charge in [-0.1, -0.05) is 12.1 Å². The Balaban J connectivity index is 0.000000402. The van der Waals surface area contributed by atoms with Crippen LogP contribution < -0.4 is 9.62 Å². The maximum atomic E-state index is 13.5. The van der Waals surface area contributed by atoms with Crippen LogP contribution in [-0.2, 0) is 30.0 Å². The van der Waals surface area contributed by atoms with Crippen molar-refractivity contribution in [2.24, 2.45) is 5.92 Å². The quantitative estimate of drug-likeness (QED) is 0.247. The van der Waals surface area contributed by atoms with Gasteiger partial charge in [-0.15, -0.1) is 0 Å². The zero-order chi connectivity index (χ0) is 34.0. The van der Waals surface area contributed by atoms with Gasteiger partial charge >= 0.3 is 18.6 Å². The molecule has 18 heteroatoms. The van der Waals surface area contributed by atoms with Crippen LogP contribution in [0.4, 0.5) is 27.8 Å². The third kappa shape index (κ3) is 9.66. The van der Waals surface area contributed by atoms with Gasteiger partial charge in [-0.05, 0) is 42.8 Å². The van der Waals surface area contributed by atoms with Crippen LogP contribution in [0.25, 0.3) is 0 Å². The molecule has 1 aliphatic heterocycles. The van der Waals surface area contributed by atoms with Crippen molar-refractivity contribution in [1.82, 2.24) is 14.7 Å². The molecular weight excluding hydrogens is 645 g/mol. The Labute approximate surface area is 258 Å². The van der Waals surface area contributed by atoms with Gasteiger partial charge in [0.25, 0.3) is 6.43 Å². The fourth-order valence-electron chi connectivity index (χ4n) is 3.95. The van der Waals surface area contributed by atoms with Gasteiger partial charge in [0.1, 0.15) is 23.4 Å². The van der Waals surface area contributed by atoms with E-state index in [-0.39, 0.29) is 42.2 Å². The largest absolute Gasteiger partial charge is 0.462 e. The maximum Gasteiger partial charge on any atom is 0.389 e. The summed E-state index contributed by atoms with van der Waals surface area (Å²) in [4.78, 5) is 43.7. The predicted molar refractivity (Wildman–Crippen MR) is 148 cm³/mol. The van der Waals surface area contributed by atoms with Crippen molar-refractivity contribution in [3.05, 3.63) is 88.6 Å². The number of hydrogen-bond donors (Lipinski definition) is 1. The lowest BCUT2D eigenvalue weighted by molar-refractivity contribution is -0.123. The molecular formula is C28H24F5N5O7S. The van der Waals surface area contributed by atoms with Crippen molar-refractivity contribution >= 4 is 33.7 Å². The standard InChI is InChI=1S/C21H19F3N4O5S.C7H5F2NO2/c1-2-33-21(30)16-7-13(8-25)19(26-17(16)18(23)24)28-9-14(10-28)20(29)27-34(31,32)11-12-4-3-5-15(22)6-12;8-7(9)12-6(11)5-2-1-3-10-4-5/h3-7,14,18H,2,9-11H2,1H3,(H,27,29);1-4,7H. The number of halogens is 5. The van der Waals surface area contributed by atoms with E-state index >= 15 is 0 Å². The molecule has 12 nitrogen and oxygen atoms in total. The van der Waals surface area contributed by atoms with Crippen molar-refractivity contribution in [3.8, 4) is 6.07 Å². The highest BCUT2D eigenvalue weighted by atomic mass is 32.2. The first-order chi connectivity index (χ1) is 21.7. The highest BCUT2D eigenvalue weighted by Gasteiger charge is 2.37. The first-order valence-electron chi connectivity index (χ1n) is 13.1. The molecule has 1 fully saturated rings. The van der Waals surface area contributed by atoms with Crippen molar-refractivity contribution < 1.29 is 54.2 Å². The molecule has 244 valence electrons. The highest BCUT2D eigenvalue weighted by Crippen LogP contribution is 2.31. The second-order valence-corrected chi connectivity index (χ2v) is 11.0. The van der Waals surface area contributed by atoms with Gasteiger partial charge in [0.05, 0.1) is 35.0 Å². The van der Waals surface area contributed by atoms with Gasteiger partial charge in [0.15, 0.2) is 0 Å². The summed E-state index contributed by atoms with van der Waals surface area (Å²) in [5.74, 6) is -5.15. The Bertz CT molecular complexity index is 1720. The average molecular weight is 670 g/mol. The van der Waals surface area contributed by atoms with Crippen molar-refractivity contribution in [1.29, 1.82) is 5.26 Å². The van der Waals surface area contributed by atoms with E-state index in [1.807, 2.05) is 4.72 Å². The molecule has 0 atom stereocenters. The smallest absolute Gasteiger partial charge is 0.389 e. The summed E-state index contributed by atoms with van der Waals surface area (Å²) >= 11 is 0. The van der Waals surface area contributed by atoms with Gasteiger partial charge in [-0.25, -0.2) is 36.2 Å². The summed E-state index contributed by atoms with van der Waals surface area (Å²) < 4.78 is 98.0. The lowest BCUT2D eigenvalue weighted by Crippen LogP contribution is -2.55. The summed E-state index contributed by atoms with van der Waals surface area (Å²) in [7, 11) is -4.11. The fraction of sp³-hybridized carbons (Fsp3) is 0.286. The molecule has 0 aliphatic carbocycles. The number of anilines is 1. The number of nitriles is 1.